The highest BCUT2D eigenvalue weighted by molar-refractivity contribution is 7.13. The van der Waals surface area contributed by atoms with E-state index < -0.39 is 0 Å². The van der Waals surface area contributed by atoms with Crippen molar-refractivity contribution in [1.82, 2.24) is 9.88 Å². The fourth-order valence-corrected chi connectivity index (χ4v) is 3.37. The van der Waals surface area contributed by atoms with Gasteiger partial charge >= 0.3 is 0 Å². The van der Waals surface area contributed by atoms with Crippen LogP contribution in [0.25, 0.3) is 10.8 Å². The van der Waals surface area contributed by atoms with E-state index >= 15 is 0 Å². The number of methoxy groups -OCH3 is 1. The number of anilines is 1. The van der Waals surface area contributed by atoms with Crippen molar-refractivity contribution < 1.29 is 9.15 Å². The molecule has 3 rings (SSSR count). The molecule has 1 aromatic carbocycles. The number of oxazole rings is 1. The third-order valence-corrected chi connectivity index (χ3v) is 4.90. The van der Waals surface area contributed by atoms with Crippen molar-refractivity contribution in [2.45, 2.75) is 6.04 Å². The minimum Gasteiger partial charge on any atom is -0.496 e. The van der Waals surface area contributed by atoms with Crippen molar-refractivity contribution in [1.29, 1.82) is 5.26 Å². The number of benzene rings is 1. The van der Waals surface area contributed by atoms with Crippen molar-refractivity contribution in [3.8, 4) is 22.6 Å². The zero-order valence-electron chi connectivity index (χ0n) is 14.9. The van der Waals surface area contributed by atoms with Crippen molar-refractivity contribution >= 4 is 17.2 Å². The lowest BCUT2D eigenvalue weighted by atomic mass is 10.0. The highest BCUT2D eigenvalue weighted by Gasteiger charge is 2.21. The van der Waals surface area contributed by atoms with Crippen molar-refractivity contribution in [2.75, 3.05) is 33.1 Å². The maximum absolute atomic E-state index is 9.36. The van der Waals surface area contributed by atoms with Gasteiger partial charge in [-0.3, -0.25) is 0 Å². The number of nitrogens with one attached hydrogen (secondary N) is 1. The average molecular weight is 368 g/mol. The molecule has 134 valence electrons. The Labute approximate surface area is 156 Å². The van der Waals surface area contributed by atoms with E-state index in [4.69, 9.17) is 9.15 Å². The number of para-hydroxylation sites is 1. The number of aromatic nitrogens is 1. The van der Waals surface area contributed by atoms with Gasteiger partial charge in [0.1, 0.15) is 11.8 Å². The van der Waals surface area contributed by atoms with Gasteiger partial charge in [0.05, 0.1) is 18.0 Å². The predicted molar refractivity (Wildman–Crippen MR) is 102 cm³/mol. The molecule has 0 unspecified atom stereocenters. The summed E-state index contributed by atoms with van der Waals surface area (Å²) in [4.78, 5) is 7.27. The molecule has 26 heavy (non-hydrogen) atoms. The molecule has 2 heterocycles. The van der Waals surface area contributed by atoms with Crippen LogP contribution in [0, 0.1) is 11.3 Å². The summed E-state index contributed by atoms with van der Waals surface area (Å²) in [7, 11) is 5.67. The molecule has 0 radical (unpaired) electrons. The fourth-order valence-electron chi connectivity index (χ4n) is 2.72. The van der Waals surface area contributed by atoms with Crippen LogP contribution in [-0.2, 0) is 0 Å². The molecule has 0 aliphatic rings. The number of nitriles is 1. The molecule has 0 aliphatic heterocycles. The zero-order valence-corrected chi connectivity index (χ0v) is 15.7. The maximum Gasteiger partial charge on any atom is 0.240 e. The largest absolute Gasteiger partial charge is 0.496 e. The van der Waals surface area contributed by atoms with Gasteiger partial charge in [-0.2, -0.15) is 10.2 Å². The van der Waals surface area contributed by atoms with Crippen LogP contribution >= 0.6 is 11.3 Å². The summed E-state index contributed by atoms with van der Waals surface area (Å²) < 4.78 is 11.3. The van der Waals surface area contributed by atoms with E-state index in [-0.39, 0.29) is 11.7 Å². The molecule has 6 nitrogen and oxygen atoms in total. The van der Waals surface area contributed by atoms with Gasteiger partial charge < -0.3 is 19.4 Å². The van der Waals surface area contributed by atoms with Gasteiger partial charge in [0.2, 0.25) is 17.5 Å². The summed E-state index contributed by atoms with van der Waals surface area (Å²) in [6.45, 7) is 0.543. The van der Waals surface area contributed by atoms with E-state index in [1.54, 1.807) is 7.11 Å². The third-order valence-electron chi connectivity index (χ3n) is 4.04. The molecular formula is C19H20N4O2S. The lowest BCUT2D eigenvalue weighted by Gasteiger charge is -2.26. The van der Waals surface area contributed by atoms with E-state index in [0.717, 1.165) is 16.2 Å². The quantitative estimate of drug-likeness (QED) is 0.679. The molecule has 0 amide bonds. The maximum atomic E-state index is 9.36. The van der Waals surface area contributed by atoms with Gasteiger partial charge in [-0.15, -0.1) is 11.3 Å². The van der Waals surface area contributed by atoms with Gasteiger partial charge in [0.15, 0.2) is 0 Å². The van der Waals surface area contributed by atoms with E-state index in [2.05, 4.69) is 21.3 Å². The van der Waals surface area contributed by atoms with Gasteiger partial charge in [0.25, 0.3) is 0 Å². The number of hydrogen-bond acceptors (Lipinski definition) is 7. The van der Waals surface area contributed by atoms with Gasteiger partial charge in [-0.1, -0.05) is 24.3 Å². The first-order valence-corrected chi connectivity index (χ1v) is 9.00. The lowest BCUT2D eigenvalue weighted by Crippen LogP contribution is -2.27. The smallest absolute Gasteiger partial charge is 0.240 e. The number of rotatable bonds is 7. The number of likely N-dealkylation sites (N-methyl/N-ethyl adjacent to an activating group) is 1. The Morgan fingerprint density at radius 3 is 2.77 bits per heavy atom. The van der Waals surface area contributed by atoms with E-state index in [1.807, 2.05) is 55.9 Å². The van der Waals surface area contributed by atoms with Gasteiger partial charge in [-0.05, 0) is 31.6 Å². The summed E-state index contributed by atoms with van der Waals surface area (Å²) in [5, 5.41) is 14.5. The van der Waals surface area contributed by atoms with Crippen LogP contribution in [0.1, 0.15) is 17.3 Å². The molecule has 7 heteroatoms. The monoisotopic (exact) mass is 368 g/mol. The lowest BCUT2D eigenvalue weighted by molar-refractivity contribution is 0.299. The summed E-state index contributed by atoms with van der Waals surface area (Å²) in [5.74, 6) is 1.67. The van der Waals surface area contributed by atoms with Crippen LogP contribution in [0.2, 0.25) is 0 Å². The van der Waals surface area contributed by atoms with Gasteiger partial charge in [-0.25, -0.2) is 0 Å². The van der Waals surface area contributed by atoms with Crippen LogP contribution < -0.4 is 10.1 Å². The van der Waals surface area contributed by atoms with Crippen LogP contribution in [0.15, 0.2) is 46.2 Å². The Morgan fingerprint density at radius 2 is 2.12 bits per heavy atom. The zero-order chi connectivity index (χ0) is 18.5. The van der Waals surface area contributed by atoms with Crippen LogP contribution in [0.4, 0.5) is 5.88 Å². The first-order valence-electron chi connectivity index (χ1n) is 8.12. The summed E-state index contributed by atoms with van der Waals surface area (Å²) in [6, 6.07) is 13.9. The Bertz CT molecular complexity index is 897. The van der Waals surface area contributed by atoms with Crippen molar-refractivity contribution in [3.05, 3.63) is 53.0 Å². The molecule has 0 fully saturated rings. The minimum atomic E-state index is 0.0352. The van der Waals surface area contributed by atoms with E-state index in [9.17, 15) is 5.26 Å². The Kier molecular flexibility index (Phi) is 5.56. The summed E-state index contributed by atoms with van der Waals surface area (Å²) in [6.07, 6.45) is 0. The van der Waals surface area contributed by atoms with Gasteiger partial charge in [0, 0.05) is 12.1 Å². The molecule has 0 spiro atoms. The van der Waals surface area contributed by atoms with Crippen molar-refractivity contribution in [2.24, 2.45) is 0 Å². The molecule has 0 bridgehead atoms. The van der Waals surface area contributed by atoms with Crippen LogP contribution in [0.3, 0.4) is 0 Å². The average Bonchev–Trinajstić information content (AvgIpc) is 3.31. The Balaban J connectivity index is 1.83. The highest BCUT2D eigenvalue weighted by Crippen LogP contribution is 2.31. The van der Waals surface area contributed by atoms with Crippen molar-refractivity contribution in [3.63, 3.8) is 0 Å². The molecular weight excluding hydrogens is 348 g/mol. The second kappa shape index (κ2) is 8.04. The van der Waals surface area contributed by atoms with Crippen LogP contribution in [0.5, 0.6) is 5.75 Å². The predicted octanol–water partition coefficient (Wildman–Crippen LogP) is 4.00. The second-order valence-electron chi connectivity index (χ2n) is 5.89. The van der Waals surface area contributed by atoms with Crippen LogP contribution in [-0.4, -0.2) is 37.6 Å². The molecule has 0 saturated carbocycles. The number of nitrogens with zero attached hydrogens (tertiary/aromatic N) is 3. The number of thiophene rings is 1. The van der Waals surface area contributed by atoms with E-state index in [1.165, 1.54) is 11.3 Å². The molecule has 1 N–H and O–H groups in total. The second-order valence-corrected chi connectivity index (χ2v) is 6.84. The minimum absolute atomic E-state index is 0.0352. The highest BCUT2D eigenvalue weighted by atomic mass is 32.1. The topological polar surface area (TPSA) is 74.3 Å². The molecule has 3 aromatic rings. The Hall–Kier alpha value is -2.82. The molecule has 2 aromatic heterocycles. The molecule has 0 aliphatic carbocycles. The summed E-state index contributed by atoms with van der Waals surface area (Å²) in [5.41, 5.74) is 1.31. The standard InChI is InChI=1S/C19H20N4O2S/c1-23(2)15(13-7-4-5-8-16(13)24-3)12-21-18-14(11-20)22-19(25-18)17-9-6-10-26-17/h4-10,15,21H,12H2,1-3H3/t15-/m0/s1. The first-order chi connectivity index (χ1) is 12.6. The third kappa shape index (κ3) is 3.72. The molecule has 0 saturated heterocycles. The molecule has 1 atom stereocenters. The Morgan fingerprint density at radius 1 is 1.31 bits per heavy atom. The SMILES string of the molecule is COc1ccccc1[C@H](CNc1oc(-c2cccs2)nc1C#N)N(C)C. The number of ether oxygens (including phenoxy) is 1. The first kappa shape index (κ1) is 18.0. The summed E-state index contributed by atoms with van der Waals surface area (Å²) >= 11 is 1.52. The number of hydrogen-bond donors (Lipinski definition) is 1. The van der Waals surface area contributed by atoms with E-state index in [0.29, 0.717) is 18.3 Å². The normalized spacial score (nSPS) is 12.0. The fraction of sp³-hybridized carbons (Fsp3) is 0.263.